The Morgan fingerprint density at radius 3 is 2.24 bits per heavy atom. The molecular formula is C19H30N2. The molecule has 116 valence electrons. The molecule has 2 atom stereocenters. The van der Waals surface area contributed by atoms with Crippen LogP contribution in [0.25, 0.3) is 0 Å². The Hall–Kier alpha value is -1.02. The molecule has 0 amide bonds. The van der Waals surface area contributed by atoms with Crippen LogP contribution >= 0.6 is 0 Å². The van der Waals surface area contributed by atoms with Gasteiger partial charge >= 0.3 is 0 Å². The van der Waals surface area contributed by atoms with Crippen molar-refractivity contribution in [2.45, 2.75) is 76.4 Å². The molecule has 0 aliphatic carbocycles. The minimum absolute atomic E-state index is 0.213. The van der Waals surface area contributed by atoms with Crippen LogP contribution in [0.5, 0.6) is 0 Å². The van der Waals surface area contributed by atoms with E-state index in [1.165, 1.54) is 43.4 Å². The van der Waals surface area contributed by atoms with Gasteiger partial charge in [0.15, 0.2) is 0 Å². The van der Waals surface area contributed by atoms with Crippen molar-refractivity contribution in [1.29, 1.82) is 0 Å². The highest BCUT2D eigenvalue weighted by Crippen LogP contribution is 2.41. The van der Waals surface area contributed by atoms with Gasteiger partial charge in [-0.2, -0.15) is 0 Å². The molecule has 2 aliphatic heterocycles. The predicted octanol–water partition coefficient (Wildman–Crippen LogP) is 4.09. The third-order valence-electron chi connectivity index (χ3n) is 5.37. The molecule has 0 saturated carbocycles. The second-order valence-electron chi connectivity index (χ2n) is 7.87. The summed E-state index contributed by atoms with van der Waals surface area (Å²) in [6, 6.07) is 11.2. The first-order valence-electron chi connectivity index (χ1n) is 8.56. The maximum atomic E-state index is 3.52. The molecule has 1 aromatic carbocycles. The van der Waals surface area contributed by atoms with Gasteiger partial charge in [-0.25, -0.2) is 0 Å². The summed E-state index contributed by atoms with van der Waals surface area (Å²) in [5, 5.41) is 3.52. The number of rotatable bonds is 2. The van der Waals surface area contributed by atoms with Crippen LogP contribution < -0.4 is 10.2 Å². The Morgan fingerprint density at radius 2 is 1.67 bits per heavy atom. The fraction of sp³-hybridized carbons (Fsp3) is 0.684. The zero-order chi connectivity index (χ0) is 15.0. The van der Waals surface area contributed by atoms with Crippen molar-refractivity contribution >= 4 is 5.69 Å². The third kappa shape index (κ3) is 2.83. The highest BCUT2D eigenvalue weighted by Gasteiger charge is 2.39. The molecule has 1 N–H and O–H groups in total. The average molecular weight is 286 g/mol. The predicted molar refractivity (Wildman–Crippen MR) is 91.1 cm³/mol. The first kappa shape index (κ1) is 14.9. The zero-order valence-corrected chi connectivity index (χ0v) is 14.0. The summed E-state index contributed by atoms with van der Waals surface area (Å²) in [5.74, 6) is 0. The summed E-state index contributed by atoms with van der Waals surface area (Å²) in [6.45, 7) is 7.01. The van der Waals surface area contributed by atoms with Crippen LogP contribution in [0.15, 0.2) is 24.3 Å². The van der Waals surface area contributed by atoms with E-state index in [9.17, 15) is 0 Å². The van der Waals surface area contributed by atoms with Gasteiger partial charge in [-0.1, -0.05) is 39.0 Å². The molecule has 1 aromatic rings. The largest absolute Gasteiger partial charge is 0.365 e. The molecule has 2 fully saturated rings. The fourth-order valence-electron chi connectivity index (χ4n) is 4.34. The molecular weight excluding hydrogens is 256 g/mol. The zero-order valence-electron chi connectivity index (χ0n) is 14.0. The molecule has 2 nitrogen and oxygen atoms in total. The Kier molecular flexibility index (Phi) is 4.00. The molecule has 2 bridgehead atoms. The lowest BCUT2D eigenvalue weighted by Crippen LogP contribution is -2.56. The first-order chi connectivity index (χ1) is 10.0. The fourth-order valence-corrected chi connectivity index (χ4v) is 4.34. The van der Waals surface area contributed by atoms with Crippen molar-refractivity contribution < 1.29 is 0 Å². The first-order valence-corrected chi connectivity index (χ1v) is 8.56. The van der Waals surface area contributed by atoms with Gasteiger partial charge in [0.25, 0.3) is 0 Å². The Balaban J connectivity index is 1.97. The van der Waals surface area contributed by atoms with E-state index in [2.05, 4.69) is 62.3 Å². The van der Waals surface area contributed by atoms with Crippen molar-refractivity contribution in [3.05, 3.63) is 29.8 Å². The maximum Gasteiger partial charge on any atom is 0.0409 e. The van der Waals surface area contributed by atoms with E-state index in [0.717, 1.165) is 12.1 Å². The Bertz CT molecular complexity index is 475. The quantitative estimate of drug-likeness (QED) is 0.881. The average Bonchev–Trinajstić information content (AvgIpc) is 2.45. The van der Waals surface area contributed by atoms with Crippen LogP contribution in [0.1, 0.15) is 58.4 Å². The van der Waals surface area contributed by atoms with Crippen LogP contribution in [0.3, 0.4) is 0 Å². The van der Waals surface area contributed by atoms with E-state index >= 15 is 0 Å². The molecule has 21 heavy (non-hydrogen) atoms. The van der Waals surface area contributed by atoms with Gasteiger partial charge in [0.1, 0.15) is 0 Å². The van der Waals surface area contributed by atoms with Gasteiger partial charge in [0, 0.05) is 23.8 Å². The number of piperidine rings is 2. The normalized spacial score (nSPS) is 29.5. The summed E-state index contributed by atoms with van der Waals surface area (Å²) in [6.07, 6.45) is 6.71. The lowest BCUT2D eigenvalue weighted by atomic mass is 9.79. The van der Waals surface area contributed by atoms with Crippen molar-refractivity contribution in [3.8, 4) is 0 Å². The van der Waals surface area contributed by atoms with E-state index in [-0.39, 0.29) is 5.41 Å². The topological polar surface area (TPSA) is 15.3 Å². The number of para-hydroxylation sites is 1. The van der Waals surface area contributed by atoms with Gasteiger partial charge in [-0.3, -0.25) is 0 Å². The molecule has 3 rings (SSSR count). The molecule has 0 spiro atoms. The summed E-state index contributed by atoms with van der Waals surface area (Å²) < 4.78 is 0. The monoisotopic (exact) mass is 286 g/mol. The summed E-state index contributed by atoms with van der Waals surface area (Å²) >= 11 is 0. The Labute approximate surface area is 129 Å². The van der Waals surface area contributed by atoms with Gasteiger partial charge in [0.05, 0.1) is 0 Å². The van der Waals surface area contributed by atoms with Crippen LogP contribution in [0.2, 0.25) is 0 Å². The van der Waals surface area contributed by atoms with E-state index in [1.54, 1.807) is 0 Å². The standard InChI is InChI=1S/C19H30N2/c1-19(2,3)17-10-5-6-11-18(17)21-15-8-7-9-16(21)13-14(12-15)20-4/h5-6,10-11,14-16,20H,7-9,12-13H2,1-4H3. The van der Waals surface area contributed by atoms with Crippen LogP contribution in [-0.2, 0) is 5.41 Å². The summed E-state index contributed by atoms with van der Waals surface area (Å²) in [5.41, 5.74) is 3.21. The van der Waals surface area contributed by atoms with Crippen molar-refractivity contribution in [3.63, 3.8) is 0 Å². The number of anilines is 1. The Morgan fingerprint density at radius 1 is 1.05 bits per heavy atom. The molecule has 2 aliphatic rings. The smallest absolute Gasteiger partial charge is 0.0409 e. The number of hydrogen-bond donors (Lipinski definition) is 1. The van der Waals surface area contributed by atoms with E-state index < -0.39 is 0 Å². The summed E-state index contributed by atoms with van der Waals surface area (Å²) in [4.78, 5) is 2.78. The van der Waals surface area contributed by atoms with Crippen molar-refractivity contribution in [2.75, 3.05) is 11.9 Å². The number of fused-ring (bicyclic) bond motifs is 2. The molecule has 2 saturated heterocycles. The van der Waals surface area contributed by atoms with E-state index in [1.807, 2.05) is 0 Å². The van der Waals surface area contributed by atoms with Crippen molar-refractivity contribution in [1.82, 2.24) is 5.32 Å². The third-order valence-corrected chi connectivity index (χ3v) is 5.37. The van der Waals surface area contributed by atoms with E-state index in [4.69, 9.17) is 0 Å². The second-order valence-corrected chi connectivity index (χ2v) is 7.87. The van der Waals surface area contributed by atoms with Gasteiger partial charge in [0.2, 0.25) is 0 Å². The number of benzene rings is 1. The van der Waals surface area contributed by atoms with Crippen LogP contribution in [0.4, 0.5) is 5.69 Å². The molecule has 0 aromatic heterocycles. The van der Waals surface area contributed by atoms with E-state index in [0.29, 0.717) is 6.04 Å². The highest BCUT2D eigenvalue weighted by molar-refractivity contribution is 5.58. The van der Waals surface area contributed by atoms with Gasteiger partial charge in [-0.15, -0.1) is 0 Å². The van der Waals surface area contributed by atoms with Gasteiger partial charge < -0.3 is 10.2 Å². The molecule has 0 radical (unpaired) electrons. The van der Waals surface area contributed by atoms with Crippen molar-refractivity contribution in [2.24, 2.45) is 0 Å². The SMILES string of the molecule is CNC1CC2CCCC(C1)N2c1ccccc1C(C)(C)C. The number of hydrogen-bond acceptors (Lipinski definition) is 2. The van der Waals surface area contributed by atoms with Gasteiger partial charge in [-0.05, 0) is 56.2 Å². The molecule has 2 heterocycles. The molecule has 2 heteroatoms. The number of nitrogens with zero attached hydrogens (tertiary/aromatic N) is 1. The minimum Gasteiger partial charge on any atom is -0.365 e. The minimum atomic E-state index is 0.213. The highest BCUT2D eigenvalue weighted by atomic mass is 15.2. The van der Waals surface area contributed by atoms with Crippen LogP contribution in [-0.4, -0.2) is 25.2 Å². The molecule has 2 unspecified atom stereocenters. The summed E-state index contributed by atoms with van der Waals surface area (Å²) in [7, 11) is 2.12. The second kappa shape index (κ2) is 5.64. The number of nitrogens with one attached hydrogen (secondary N) is 1. The maximum absolute atomic E-state index is 3.52. The van der Waals surface area contributed by atoms with Crippen LogP contribution in [0, 0.1) is 0 Å². The lowest BCUT2D eigenvalue weighted by molar-refractivity contribution is 0.251. The lowest BCUT2D eigenvalue weighted by Gasteiger charge is -2.51.